The van der Waals surface area contributed by atoms with Crippen LogP contribution in [0.2, 0.25) is 0 Å². The summed E-state index contributed by atoms with van der Waals surface area (Å²) in [6.45, 7) is 0.855. The van der Waals surface area contributed by atoms with Gasteiger partial charge in [0, 0.05) is 37.0 Å². The highest BCUT2D eigenvalue weighted by atomic mass is 19.4. The zero-order chi connectivity index (χ0) is 25.7. The van der Waals surface area contributed by atoms with E-state index in [0.717, 1.165) is 6.07 Å². The number of alkyl halides is 3. The number of likely N-dealkylation sites (tertiary alicyclic amines) is 1. The average Bonchev–Trinajstić information content (AvgIpc) is 3.22. The summed E-state index contributed by atoms with van der Waals surface area (Å²) >= 11 is 0. The van der Waals surface area contributed by atoms with E-state index in [1.54, 1.807) is 40.2 Å². The lowest BCUT2D eigenvalue weighted by molar-refractivity contribution is -0.138. The number of carbonyl (C=O) groups is 1. The van der Waals surface area contributed by atoms with Gasteiger partial charge in [-0.1, -0.05) is 18.2 Å². The molecule has 2 aromatic heterocycles. The number of rotatable bonds is 5. The number of carbonyl (C=O) groups excluding carboxylic acids is 1. The Kier molecular flexibility index (Phi) is 5.50. The number of piperidine rings is 1. The third kappa shape index (κ3) is 4.34. The van der Waals surface area contributed by atoms with Crippen molar-refractivity contribution in [2.75, 3.05) is 13.1 Å². The first-order valence-corrected chi connectivity index (χ1v) is 11.7. The highest BCUT2D eigenvalue weighted by Gasteiger charge is 2.59. The van der Waals surface area contributed by atoms with Crippen molar-refractivity contribution < 1.29 is 22.4 Å². The molecule has 1 saturated heterocycles. The fourth-order valence-corrected chi connectivity index (χ4v) is 5.15. The monoisotopic (exact) mass is 508 g/mol. The van der Waals surface area contributed by atoms with Crippen LogP contribution in [-0.4, -0.2) is 48.6 Å². The Balaban J connectivity index is 1.22. The number of benzene rings is 2. The van der Waals surface area contributed by atoms with Crippen molar-refractivity contribution in [3.05, 3.63) is 89.8 Å². The van der Waals surface area contributed by atoms with E-state index in [0.29, 0.717) is 36.3 Å². The van der Waals surface area contributed by atoms with E-state index in [4.69, 9.17) is 4.98 Å². The minimum absolute atomic E-state index is 0.00276. The quantitative estimate of drug-likeness (QED) is 0.376. The summed E-state index contributed by atoms with van der Waals surface area (Å²) < 4.78 is 55.0. The number of aromatic nitrogens is 5. The number of hydrogen-bond donors (Lipinski definition) is 0. The lowest BCUT2D eigenvalue weighted by Crippen LogP contribution is -2.33. The van der Waals surface area contributed by atoms with Crippen molar-refractivity contribution in [2.24, 2.45) is 11.8 Å². The molecule has 11 heteroatoms. The number of halogens is 4. The normalized spacial score (nSPS) is 20.6. The maximum Gasteiger partial charge on any atom is 0.416 e. The van der Waals surface area contributed by atoms with Crippen molar-refractivity contribution >= 4 is 5.91 Å². The largest absolute Gasteiger partial charge is 0.416 e. The minimum Gasteiger partial charge on any atom is -0.342 e. The van der Waals surface area contributed by atoms with Crippen molar-refractivity contribution in [1.82, 2.24) is 29.6 Å². The van der Waals surface area contributed by atoms with Gasteiger partial charge < -0.3 is 4.90 Å². The molecule has 2 atom stereocenters. The molecule has 2 aliphatic rings. The van der Waals surface area contributed by atoms with Crippen LogP contribution in [0.5, 0.6) is 0 Å². The molecule has 0 bridgehead atoms. The first-order valence-electron chi connectivity index (χ1n) is 11.7. The molecular formula is C26H20F4N6O. The molecule has 1 aliphatic heterocycles. The molecule has 4 aromatic rings. The summed E-state index contributed by atoms with van der Waals surface area (Å²) in [6, 6.07) is 12.7. The Morgan fingerprint density at radius 3 is 2.30 bits per heavy atom. The van der Waals surface area contributed by atoms with Crippen LogP contribution in [0, 0.1) is 17.7 Å². The van der Waals surface area contributed by atoms with E-state index in [9.17, 15) is 22.4 Å². The van der Waals surface area contributed by atoms with Crippen LogP contribution in [-0.2, 0) is 17.4 Å². The Hall–Kier alpha value is -4.15. The minimum atomic E-state index is -4.51. The summed E-state index contributed by atoms with van der Waals surface area (Å²) in [6.07, 6.45) is -1.62. The molecule has 188 valence electrons. The van der Waals surface area contributed by atoms with Crippen molar-refractivity contribution in [3.8, 4) is 17.3 Å². The summed E-state index contributed by atoms with van der Waals surface area (Å²) in [7, 11) is 0. The SMILES string of the molecule is O=C(Cc1ccccc1C(F)(F)F)N1CC2C(C1)C2c1nc(-c2ccc(F)cc2)nn1-c1ncccn1. The average molecular weight is 508 g/mol. The smallest absolute Gasteiger partial charge is 0.342 e. The van der Waals surface area contributed by atoms with E-state index in [-0.39, 0.29) is 41.5 Å². The first-order chi connectivity index (χ1) is 17.8. The van der Waals surface area contributed by atoms with Crippen LogP contribution in [0.3, 0.4) is 0 Å². The number of hydrogen-bond acceptors (Lipinski definition) is 5. The lowest BCUT2D eigenvalue weighted by atomic mass is 10.0. The van der Waals surface area contributed by atoms with Gasteiger partial charge in [0.25, 0.3) is 5.95 Å². The second kappa shape index (κ2) is 8.75. The van der Waals surface area contributed by atoms with Gasteiger partial charge in [-0.05, 0) is 53.8 Å². The van der Waals surface area contributed by atoms with Gasteiger partial charge in [-0.2, -0.15) is 17.9 Å². The van der Waals surface area contributed by atoms with Gasteiger partial charge in [0.05, 0.1) is 12.0 Å². The number of nitrogens with zero attached hydrogens (tertiary/aromatic N) is 6. The second-order valence-corrected chi connectivity index (χ2v) is 9.24. The van der Waals surface area contributed by atoms with Crippen LogP contribution >= 0.6 is 0 Å². The van der Waals surface area contributed by atoms with Gasteiger partial charge in [0.15, 0.2) is 5.82 Å². The molecule has 0 spiro atoms. The van der Waals surface area contributed by atoms with Crippen molar-refractivity contribution in [3.63, 3.8) is 0 Å². The molecule has 2 unspecified atom stereocenters. The Labute approximate surface area is 208 Å². The van der Waals surface area contributed by atoms with E-state index < -0.39 is 11.7 Å². The predicted molar refractivity (Wildman–Crippen MR) is 124 cm³/mol. The van der Waals surface area contributed by atoms with Crippen LogP contribution in [0.25, 0.3) is 17.3 Å². The molecule has 7 nitrogen and oxygen atoms in total. The molecule has 1 aliphatic carbocycles. The first kappa shape index (κ1) is 23.3. The topological polar surface area (TPSA) is 76.8 Å². The van der Waals surface area contributed by atoms with Gasteiger partial charge in [-0.3, -0.25) is 4.79 Å². The van der Waals surface area contributed by atoms with Gasteiger partial charge in [0.1, 0.15) is 11.6 Å². The van der Waals surface area contributed by atoms with Gasteiger partial charge >= 0.3 is 6.18 Å². The summed E-state index contributed by atoms with van der Waals surface area (Å²) in [4.78, 5) is 27.8. The summed E-state index contributed by atoms with van der Waals surface area (Å²) in [5.41, 5.74) is -0.167. The predicted octanol–water partition coefficient (Wildman–Crippen LogP) is 4.30. The standard InChI is InChI=1S/C26H20F4N6O/c27-17-8-6-15(7-9-17)23-33-24(36(34-23)25-31-10-3-11-32-25)22-18-13-35(14-19(18)22)21(37)12-16-4-1-2-5-20(16)26(28,29)30/h1-11,18-19,22H,12-14H2. The summed E-state index contributed by atoms with van der Waals surface area (Å²) in [5, 5.41) is 4.58. The molecule has 1 amide bonds. The van der Waals surface area contributed by atoms with Crippen molar-refractivity contribution in [1.29, 1.82) is 0 Å². The van der Waals surface area contributed by atoms with Gasteiger partial charge in [-0.25, -0.2) is 19.3 Å². The van der Waals surface area contributed by atoms with E-state index >= 15 is 0 Å². The zero-order valence-electron chi connectivity index (χ0n) is 19.3. The highest BCUT2D eigenvalue weighted by molar-refractivity contribution is 5.80. The van der Waals surface area contributed by atoms with E-state index in [1.807, 2.05) is 0 Å². The molecule has 37 heavy (non-hydrogen) atoms. The maximum absolute atomic E-state index is 13.4. The van der Waals surface area contributed by atoms with E-state index in [1.165, 1.54) is 30.3 Å². The molecule has 1 saturated carbocycles. The van der Waals surface area contributed by atoms with Gasteiger partial charge in [0.2, 0.25) is 5.91 Å². The van der Waals surface area contributed by atoms with Crippen LogP contribution in [0.1, 0.15) is 22.9 Å². The lowest BCUT2D eigenvalue weighted by Gasteiger charge is -2.21. The van der Waals surface area contributed by atoms with Crippen molar-refractivity contribution in [2.45, 2.75) is 18.5 Å². The van der Waals surface area contributed by atoms with Crippen LogP contribution < -0.4 is 0 Å². The Morgan fingerprint density at radius 1 is 0.946 bits per heavy atom. The molecule has 0 N–H and O–H groups in total. The Bertz CT molecular complexity index is 1440. The van der Waals surface area contributed by atoms with Gasteiger partial charge in [-0.15, -0.1) is 5.10 Å². The molecule has 6 rings (SSSR count). The fourth-order valence-electron chi connectivity index (χ4n) is 5.15. The second-order valence-electron chi connectivity index (χ2n) is 9.24. The third-order valence-corrected chi connectivity index (χ3v) is 6.99. The summed E-state index contributed by atoms with van der Waals surface area (Å²) in [5.74, 6) is 0.914. The molecule has 2 fully saturated rings. The number of fused-ring (bicyclic) bond motifs is 1. The van der Waals surface area contributed by atoms with Crippen LogP contribution in [0.15, 0.2) is 67.0 Å². The Morgan fingerprint density at radius 2 is 1.62 bits per heavy atom. The molecule has 0 radical (unpaired) electrons. The molecule has 3 heterocycles. The van der Waals surface area contributed by atoms with Crippen LogP contribution in [0.4, 0.5) is 17.6 Å². The third-order valence-electron chi connectivity index (χ3n) is 6.99. The van der Waals surface area contributed by atoms with E-state index in [2.05, 4.69) is 15.1 Å². The molecule has 2 aromatic carbocycles. The molecular weight excluding hydrogens is 488 g/mol. The highest BCUT2D eigenvalue weighted by Crippen LogP contribution is 2.58. The fraction of sp³-hybridized carbons (Fsp3) is 0.269. The maximum atomic E-state index is 13.4. The zero-order valence-corrected chi connectivity index (χ0v) is 19.3. The number of amides is 1.